The molecule has 0 bridgehead atoms. The van der Waals surface area contributed by atoms with Crippen LogP contribution >= 0.6 is 23.2 Å². The minimum Gasteiger partial charge on any atom is -0.357 e. The molecule has 0 aromatic heterocycles. The molecule has 26 heavy (non-hydrogen) atoms. The van der Waals surface area contributed by atoms with E-state index in [0.717, 1.165) is 11.1 Å². The van der Waals surface area contributed by atoms with Gasteiger partial charge in [-0.05, 0) is 31.5 Å². The molecule has 0 spiro atoms. The molecule has 2 aromatic rings. The molecule has 0 aliphatic carbocycles. The highest BCUT2D eigenvalue weighted by Crippen LogP contribution is 2.26. The zero-order valence-electron chi connectivity index (χ0n) is 15.1. The molecule has 2 aromatic carbocycles. The number of hydrogen-bond donors (Lipinski definition) is 1. The number of aryl methyl sites for hydroxylation is 1. The van der Waals surface area contributed by atoms with Crippen LogP contribution in [0.25, 0.3) is 0 Å². The first kappa shape index (κ1) is 20.3. The molecule has 6 heteroatoms. The number of carbonyl (C=O) groups is 2. The second-order valence-electron chi connectivity index (χ2n) is 6.18. The van der Waals surface area contributed by atoms with Gasteiger partial charge in [0.25, 0.3) is 0 Å². The van der Waals surface area contributed by atoms with Gasteiger partial charge in [0, 0.05) is 29.2 Å². The summed E-state index contributed by atoms with van der Waals surface area (Å²) in [7, 11) is 1.55. The molecule has 0 saturated heterocycles. The van der Waals surface area contributed by atoms with Crippen molar-refractivity contribution in [2.24, 2.45) is 0 Å². The number of nitrogens with zero attached hydrogens (tertiary/aromatic N) is 1. The maximum Gasteiger partial charge on any atom is 0.242 e. The van der Waals surface area contributed by atoms with Crippen molar-refractivity contribution in [3.8, 4) is 0 Å². The molecule has 1 atom stereocenters. The van der Waals surface area contributed by atoms with Gasteiger partial charge >= 0.3 is 0 Å². The molecule has 2 rings (SSSR count). The Morgan fingerprint density at radius 2 is 1.73 bits per heavy atom. The van der Waals surface area contributed by atoms with Crippen molar-refractivity contribution < 1.29 is 9.59 Å². The van der Waals surface area contributed by atoms with Crippen LogP contribution in [0.4, 0.5) is 0 Å². The van der Waals surface area contributed by atoms with E-state index in [-0.39, 0.29) is 24.8 Å². The van der Waals surface area contributed by atoms with E-state index >= 15 is 0 Å². The lowest BCUT2D eigenvalue weighted by atomic mass is 10.1. The summed E-state index contributed by atoms with van der Waals surface area (Å²) in [5.41, 5.74) is 2.61. The van der Waals surface area contributed by atoms with Crippen LogP contribution in [-0.4, -0.2) is 29.8 Å². The zero-order valence-corrected chi connectivity index (χ0v) is 16.6. The monoisotopic (exact) mass is 392 g/mol. The van der Waals surface area contributed by atoms with Crippen LogP contribution < -0.4 is 5.32 Å². The number of carbonyl (C=O) groups excluding carboxylic acids is 2. The predicted molar refractivity (Wildman–Crippen MR) is 105 cm³/mol. The van der Waals surface area contributed by atoms with Crippen LogP contribution in [0.1, 0.15) is 23.6 Å². The molecule has 0 fully saturated rings. The number of amides is 2. The third kappa shape index (κ3) is 4.99. The van der Waals surface area contributed by atoms with Crippen molar-refractivity contribution in [1.29, 1.82) is 0 Å². The van der Waals surface area contributed by atoms with Crippen LogP contribution in [0.15, 0.2) is 42.5 Å². The molecule has 1 N–H and O–H groups in total. The van der Waals surface area contributed by atoms with Crippen molar-refractivity contribution in [3.05, 3.63) is 69.2 Å². The number of benzene rings is 2. The smallest absolute Gasteiger partial charge is 0.242 e. The van der Waals surface area contributed by atoms with Crippen LogP contribution in [0, 0.1) is 6.92 Å². The van der Waals surface area contributed by atoms with Crippen molar-refractivity contribution >= 4 is 35.0 Å². The Morgan fingerprint density at radius 1 is 1.12 bits per heavy atom. The summed E-state index contributed by atoms with van der Waals surface area (Å²) < 4.78 is 0. The summed E-state index contributed by atoms with van der Waals surface area (Å²) in [4.78, 5) is 26.6. The van der Waals surface area contributed by atoms with Gasteiger partial charge in [-0.2, -0.15) is 0 Å². The average Bonchev–Trinajstić information content (AvgIpc) is 2.60. The van der Waals surface area contributed by atoms with Crippen LogP contribution in [0.2, 0.25) is 10.0 Å². The fourth-order valence-corrected chi connectivity index (χ4v) is 3.26. The van der Waals surface area contributed by atoms with Crippen molar-refractivity contribution in [2.45, 2.75) is 32.9 Å². The van der Waals surface area contributed by atoms with Gasteiger partial charge in [0.05, 0.1) is 6.42 Å². The first-order valence-electron chi connectivity index (χ1n) is 8.33. The highest BCUT2D eigenvalue weighted by atomic mass is 35.5. The number of likely N-dealkylation sites (N-methyl/N-ethyl adjacent to an activating group) is 1. The largest absolute Gasteiger partial charge is 0.357 e. The van der Waals surface area contributed by atoms with Gasteiger partial charge in [0.2, 0.25) is 11.8 Å². The standard InChI is InChI=1S/C20H22Cl2N2O2/c1-13-6-4-7-15(10-13)11-19(25)24(14(2)20(26)23-3)12-16-17(21)8-5-9-18(16)22/h4-10,14H,11-12H2,1-3H3,(H,23,26)/t14-/m1/s1. The van der Waals surface area contributed by atoms with Crippen molar-refractivity contribution in [1.82, 2.24) is 10.2 Å². The topological polar surface area (TPSA) is 49.4 Å². The third-order valence-electron chi connectivity index (χ3n) is 4.24. The lowest BCUT2D eigenvalue weighted by Crippen LogP contribution is -2.47. The molecule has 0 unspecified atom stereocenters. The zero-order chi connectivity index (χ0) is 19.3. The second kappa shape index (κ2) is 9.06. The summed E-state index contributed by atoms with van der Waals surface area (Å²) in [6.07, 6.45) is 0.199. The highest BCUT2D eigenvalue weighted by Gasteiger charge is 2.26. The number of hydrogen-bond acceptors (Lipinski definition) is 2. The summed E-state index contributed by atoms with van der Waals surface area (Å²) >= 11 is 12.5. The summed E-state index contributed by atoms with van der Waals surface area (Å²) in [6, 6.07) is 12.3. The Balaban J connectivity index is 2.31. The van der Waals surface area contributed by atoms with Crippen LogP contribution in [-0.2, 0) is 22.6 Å². The Bertz CT molecular complexity index is 788. The summed E-state index contributed by atoms with van der Waals surface area (Å²) in [6.45, 7) is 3.83. The average molecular weight is 393 g/mol. The highest BCUT2D eigenvalue weighted by molar-refractivity contribution is 6.36. The molecule has 0 radical (unpaired) electrons. The van der Waals surface area contributed by atoms with Gasteiger partial charge in [-0.25, -0.2) is 0 Å². The number of nitrogens with one attached hydrogen (secondary N) is 1. The predicted octanol–water partition coefficient (Wildman–Crippen LogP) is 4.01. The number of halogens is 2. The first-order chi connectivity index (χ1) is 12.3. The third-order valence-corrected chi connectivity index (χ3v) is 4.95. The fraction of sp³-hybridized carbons (Fsp3) is 0.300. The van der Waals surface area contributed by atoms with Gasteiger partial charge in [-0.15, -0.1) is 0 Å². The van der Waals surface area contributed by atoms with Gasteiger partial charge in [0.1, 0.15) is 6.04 Å². The Labute approximate surface area is 164 Å². The Hall–Kier alpha value is -2.04. The first-order valence-corrected chi connectivity index (χ1v) is 9.08. The Morgan fingerprint density at radius 3 is 2.31 bits per heavy atom. The minimum atomic E-state index is -0.648. The van der Waals surface area contributed by atoms with E-state index in [9.17, 15) is 9.59 Å². The van der Waals surface area contributed by atoms with Gasteiger partial charge in [-0.1, -0.05) is 59.1 Å². The molecular weight excluding hydrogens is 371 g/mol. The SMILES string of the molecule is CNC(=O)[C@@H](C)N(Cc1c(Cl)cccc1Cl)C(=O)Cc1cccc(C)c1. The maximum atomic E-state index is 13.0. The minimum absolute atomic E-state index is 0.164. The normalized spacial score (nSPS) is 11.7. The van der Waals surface area contributed by atoms with E-state index in [2.05, 4.69) is 5.32 Å². The second-order valence-corrected chi connectivity index (χ2v) is 6.99. The van der Waals surface area contributed by atoms with E-state index in [1.807, 2.05) is 31.2 Å². The quantitative estimate of drug-likeness (QED) is 0.806. The molecule has 4 nitrogen and oxygen atoms in total. The lowest BCUT2D eigenvalue weighted by molar-refractivity contribution is -0.139. The molecule has 0 aliphatic heterocycles. The fourth-order valence-electron chi connectivity index (χ4n) is 2.74. The van der Waals surface area contributed by atoms with E-state index in [1.165, 1.54) is 4.90 Å². The van der Waals surface area contributed by atoms with Crippen molar-refractivity contribution in [2.75, 3.05) is 7.05 Å². The van der Waals surface area contributed by atoms with Crippen LogP contribution in [0.3, 0.4) is 0 Å². The molecule has 138 valence electrons. The van der Waals surface area contributed by atoms with Gasteiger partial charge in [-0.3, -0.25) is 9.59 Å². The molecule has 0 saturated carbocycles. The van der Waals surface area contributed by atoms with E-state index in [4.69, 9.17) is 23.2 Å². The van der Waals surface area contributed by atoms with Crippen LogP contribution in [0.5, 0.6) is 0 Å². The molecule has 0 heterocycles. The maximum absolute atomic E-state index is 13.0. The van der Waals surface area contributed by atoms with Gasteiger partial charge in [0.15, 0.2) is 0 Å². The molecule has 2 amide bonds. The molecule has 0 aliphatic rings. The molecular formula is C20H22Cl2N2O2. The Kier molecular flexibility index (Phi) is 7.06. The number of rotatable bonds is 6. The van der Waals surface area contributed by atoms with Crippen molar-refractivity contribution in [3.63, 3.8) is 0 Å². The van der Waals surface area contributed by atoms with Gasteiger partial charge < -0.3 is 10.2 Å². The lowest BCUT2D eigenvalue weighted by Gasteiger charge is -2.29. The van der Waals surface area contributed by atoms with E-state index in [0.29, 0.717) is 15.6 Å². The summed E-state index contributed by atoms with van der Waals surface area (Å²) in [5.74, 6) is -0.409. The van der Waals surface area contributed by atoms with E-state index in [1.54, 1.807) is 32.2 Å². The summed E-state index contributed by atoms with van der Waals surface area (Å²) in [5, 5.41) is 3.52. The van der Waals surface area contributed by atoms with E-state index < -0.39 is 6.04 Å².